The van der Waals surface area contributed by atoms with Crippen LogP contribution in [0, 0.1) is 32.1 Å². The van der Waals surface area contributed by atoms with Crippen LogP contribution in [0.5, 0.6) is 0 Å². The highest BCUT2D eigenvalue weighted by Crippen LogP contribution is 2.26. The van der Waals surface area contributed by atoms with Gasteiger partial charge in [-0.3, -0.25) is 4.79 Å². The smallest absolute Gasteiger partial charge is 0.235 e. The number of nitrogens with one attached hydrogen (secondary N) is 1. The normalized spacial score (nSPS) is 10.6. The predicted octanol–water partition coefficient (Wildman–Crippen LogP) is 4.86. The molecule has 4 rings (SSSR count). The molecular formula is C25H22N6OS. The fourth-order valence-corrected chi connectivity index (χ4v) is 4.02. The number of anilines is 1. The van der Waals surface area contributed by atoms with Gasteiger partial charge in [-0.1, -0.05) is 59.8 Å². The van der Waals surface area contributed by atoms with Gasteiger partial charge in [-0.05, 0) is 38.5 Å². The summed E-state index contributed by atoms with van der Waals surface area (Å²) in [6, 6.07) is 21.7. The Hall–Kier alpha value is -3.96. The lowest BCUT2D eigenvalue weighted by Crippen LogP contribution is -2.17. The summed E-state index contributed by atoms with van der Waals surface area (Å²) in [7, 11) is 0. The van der Waals surface area contributed by atoms with E-state index in [1.807, 2.05) is 74.5 Å². The first kappa shape index (κ1) is 22.2. The van der Waals surface area contributed by atoms with Crippen molar-refractivity contribution in [2.24, 2.45) is 0 Å². The summed E-state index contributed by atoms with van der Waals surface area (Å²) in [6.45, 7) is 5.67. The number of nitrogens with zero attached hydrogens (tertiary/aromatic N) is 5. The lowest BCUT2D eigenvalue weighted by molar-refractivity contribution is -0.113. The highest BCUT2D eigenvalue weighted by Gasteiger charge is 2.16. The average molecular weight is 455 g/mol. The van der Waals surface area contributed by atoms with E-state index >= 15 is 0 Å². The van der Waals surface area contributed by atoms with E-state index in [1.54, 1.807) is 11.6 Å². The van der Waals surface area contributed by atoms with Crippen LogP contribution < -0.4 is 5.32 Å². The first-order chi connectivity index (χ1) is 16.0. The zero-order valence-electron chi connectivity index (χ0n) is 18.5. The van der Waals surface area contributed by atoms with Crippen molar-refractivity contribution in [3.63, 3.8) is 0 Å². The lowest BCUT2D eigenvalue weighted by atomic mass is 10.1. The van der Waals surface area contributed by atoms with Crippen LogP contribution in [0.4, 0.5) is 5.82 Å². The Bertz CT molecular complexity index is 1340. The molecule has 7 nitrogen and oxygen atoms in total. The van der Waals surface area contributed by atoms with Crippen molar-refractivity contribution in [1.82, 2.24) is 20.0 Å². The Balaban J connectivity index is 1.58. The number of amides is 1. The SMILES string of the molecule is Cc1ccc(-c2cc(NC(=O)CSc3nnc(C)c(C)c3C#N)n(-c3ccccc3)n2)cc1. The fourth-order valence-electron chi connectivity index (χ4n) is 3.23. The lowest BCUT2D eigenvalue weighted by Gasteiger charge is -2.09. The molecule has 0 fully saturated rings. The van der Waals surface area contributed by atoms with Gasteiger partial charge >= 0.3 is 0 Å². The van der Waals surface area contributed by atoms with E-state index < -0.39 is 0 Å². The van der Waals surface area contributed by atoms with E-state index in [0.29, 0.717) is 22.1 Å². The number of carbonyl (C=O) groups excluding carboxylic acids is 1. The van der Waals surface area contributed by atoms with Gasteiger partial charge in [-0.25, -0.2) is 4.68 Å². The van der Waals surface area contributed by atoms with Crippen LogP contribution >= 0.6 is 11.8 Å². The summed E-state index contributed by atoms with van der Waals surface area (Å²) in [5, 5.41) is 25.8. The Labute approximate surface area is 196 Å². The van der Waals surface area contributed by atoms with Crippen molar-refractivity contribution in [2.75, 3.05) is 11.1 Å². The van der Waals surface area contributed by atoms with Crippen LogP contribution in [0.15, 0.2) is 65.7 Å². The fraction of sp³-hybridized carbons (Fsp3) is 0.160. The Morgan fingerprint density at radius 2 is 1.79 bits per heavy atom. The van der Waals surface area contributed by atoms with Crippen LogP contribution in [0.3, 0.4) is 0 Å². The van der Waals surface area contributed by atoms with Crippen LogP contribution in [0.25, 0.3) is 16.9 Å². The number of para-hydroxylation sites is 1. The van der Waals surface area contributed by atoms with Crippen LogP contribution in [-0.4, -0.2) is 31.6 Å². The second-order valence-electron chi connectivity index (χ2n) is 7.57. The molecule has 0 aliphatic rings. The molecule has 33 heavy (non-hydrogen) atoms. The molecule has 0 aliphatic carbocycles. The van der Waals surface area contributed by atoms with E-state index in [9.17, 15) is 10.1 Å². The van der Waals surface area contributed by atoms with Gasteiger partial charge in [-0.15, -0.1) is 5.10 Å². The van der Waals surface area contributed by atoms with Gasteiger partial charge in [0, 0.05) is 11.6 Å². The molecule has 2 heterocycles. The molecule has 2 aromatic carbocycles. The maximum absolute atomic E-state index is 12.8. The monoisotopic (exact) mass is 454 g/mol. The molecule has 0 saturated heterocycles. The van der Waals surface area contributed by atoms with E-state index in [0.717, 1.165) is 28.1 Å². The minimum atomic E-state index is -0.226. The van der Waals surface area contributed by atoms with Gasteiger partial charge in [0.1, 0.15) is 16.9 Å². The second kappa shape index (κ2) is 9.67. The molecule has 0 bridgehead atoms. The summed E-state index contributed by atoms with van der Waals surface area (Å²) in [6.07, 6.45) is 0. The molecule has 0 radical (unpaired) electrons. The van der Waals surface area contributed by atoms with Crippen LogP contribution in [-0.2, 0) is 4.79 Å². The van der Waals surface area contributed by atoms with E-state index in [4.69, 9.17) is 5.10 Å². The third-order valence-corrected chi connectivity index (χ3v) is 6.16. The first-order valence-corrected chi connectivity index (χ1v) is 11.3. The van der Waals surface area contributed by atoms with Gasteiger partial charge in [0.2, 0.25) is 5.91 Å². The molecule has 0 atom stereocenters. The zero-order valence-corrected chi connectivity index (χ0v) is 19.3. The first-order valence-electron chi connectivity index (χ1n) is 10.4. The number of nitriles is 1. The summed E-state index contributed by atoms with van der Waals surface area (Å²) < 4.78 is 1.72. The van der Waals surface area contributed by atoms with Crippen molar-refractivity contribution >= 4 is 23.5 Å². The molecule has 4 aromatic rings. The third-order valence-electron chi connectivity index (χ3n) is 5.20. The molecule has 1 N–H and O–H groups in total. The summed E-state index contributed by atoms with van der Waals surface area (Å²) in [5.74, 6) is 0.427. The topological polar surface area (TPSA) is 96.5 Å². The number of aromatic nitrogens is 4. The standard InChI is InChI=1S/C25H22N6OS/c1-16-9-11-19(12-10-16)22-13-23(31(30-22)20-7-5-4-6-8-20)27-24(32)15-33-25-21(14-26)17(2)18(3)28-29-25/h4-13H,15H2,1-3H3,(H,27,32). The zero-order chi connectivity index (χ0) is 23.4. The Morgan fingerprint density at radius 1 is 1.06 bits per heavy atom. The molecule has 0 unspecified atom stereocenters. The molecule has 0 saturated carbocycles. The molecule has 0 spiro atoms. The van der Waals surface area contributed by atoms with Gasteiger partial charge in [0.15, 0.2) is 0 Å². The second-order valence-corrected chi connectivity index (χ2v) is 8.53. The van der Waals surface area contributed by atoms with Gasteiger partial charge in [0.05, 0.1) is 28.4 Å². The largest absolute Gasteiger partial charge is 0.310 e. The molecular weight excluding hydrogens is 432 g/mol. The molecule has 2 aromatic heterocycles. The molecule has 0 aliphatic heterocycles. The number of hydrogen-bond donors (Lipinski definition) is 1. The summed E-state index contributed by atoms with van der Waals surface area (Å²) in [5.41, 5.74) is 5.66. The number of carbonyl (C=O) groups is 1. The molecule has 8 heteroatoms. The maximum atomic E-state index is 12.8. The van der Waals surface area contributed by atoms with Crippen molar-refractivity contribution < 1.29 is 4.79 Å². The van der Waals surface area contributed by atoms with Crippen LogP contribution in [0.2, 0.25) is 0 Å². The Kier molecular flexibility index (Phi) is 6.52. The maximum Gasteiger partial charge on any atom is 0.235 e. The van der Waals surface area contributed by atoms with E-state index in [-0.39, 0.29) is 11.7 Å². The quantitative estimate of drug-likeness (QED) is 0.418. The minimum absolute atomic E-state index is 0.0890. The number of hydrogen-bond acceptors (Lipinski definition) is 6. The minimum Gasteiger partial charge on any atom is -0.310 e. The van der Waals surface area contributed by atoms with E-state index in [2.05, 4.69) is 21.6 Å². The van der Waals surface area contributed by atoms with Crippen molar-refractivity contribution in [3.05, 3.63) is 83.0 Å². The number of rotatable bonds is 6. The van der Waals surface area contributed by atoms with Crippen molar-refractivity contribution in [1.29, 1.82) is 5.26 Å². The number of aryl methyl sites for hydroxylation is 2. The van der Waals surface area contributed by atoms with Crippen molar-refractivity contribution in [2.45, 2.75) is 25.8 Å². The van der Waals surface area contributed by atoms with E-state index in [1.165, 1.54) is 11.8 Å². The third kappa shape index (κ3) is 4.94. The number of benzene rings is 2. The highest BCUT2D eigenvalue weighted by atomic mass is 32.2. The predicted molar refractivity (Wildman–Crippen MR) is 129 cm³/mol. The number of thioether (sulfide) groups is 1. The van der Waals surface area contributed by atoms with Gasteiger partial charge in [-0.2, -0.15) is 15.5 Å². The molecule has 1 amide bonds. The average Bonchev–Trinajstić information content (AvgIpc) is 3.24. The molecule has 164 valence electrons. The van der Waals surface area contributed by atoms with Crippen LogP contribution in [0.1, 0.15) is 22.4 Å². The highest BCUT2D eigenvalue weighted by molar-refractivity contribution is 8.00. The van der Waals surface area contributed by atoms with Gasteiger partial charge < -0.3 is 5.32 Å². The summed E-state index contributed by atoms with van der Waals surface area (Å²) in [4.78, 5) is 12.8. The summed E-state index contributed by atoms with van der Waals surface area (Å²) >= 11 is 1.19. The van der Waals surface area contributed by atoms with Crippen molar-refractivity contribution in [3.8, 4) is 23.0 Å². The van der Waals surface area contributed by atoms with Gasteiger partial charge in [0.25, 0.3) is 0 Å². The Morgan fingerprint density at radius 3 is 2.48 bits per heavy atom.